The Kier molecular flexibility index (Phi) is 6.74. The maximum absolute atomic E-state index is 14.7. The molecule has 156 valence electrons. The van der Waals surface area contributed by atoms with E-state index in [9.17, 15) is 18.1 Å². The van der Waals surface area contributed by atoms with Crippen LogP contribution in [0.3, 0.4) is 0 Å². The third kappa shape index (κ3) is 4.32. The van der Waals surface area contributed by atoms with E-state index in [1.165, 1.54) is 13.1 Å². The number of benzene rings is 1. The van der Waals surface area contributed by atoms with Gasteiger partial charge in [0, 0.05) is 12.6 Å². The smallest absolute Gasteiger partial charge is 0.140 e. The maximum Gasteiger partial charge on any atom is 0.140 e. The Bertz CT molecular complexity index is 905. The van der Waals surface area contributed by atoms with Crippen LogP contribution in [0.5, 0.6) is 0 Å². The van der Waals surface area contributed by atoms with Gasteiger partial charge in [-0.1, -0.05) is 31.0 Å². The van der Waals surface area contributed by atoms with E-state index in [0.717, 1.165) is 12.8 Å². The van der Waals surface area contributed by atoms with E-state index in [-0.39, 0.29) is 11.3 Å². The van der Waals surface area contributed by atoms with Crippen LogP contribution in [-0.2, 0) is 26.3 Å². The predicted molar refractivity (Wildman–Crippen MR) is 113 cm³/mol. The molecule has 1 aliphatic rings. The fourth-order valence-corrected chi connectivity index (χ4v) is 7.47. The van der Waals surface area contributed by atoms with E-state index in [4.69, 9.17) is 0 Å². The second-order valence-corrected chi connectivity index (χ2v) is 13.3. The zero-order chi connectivity index (χ0) is 21.2. The van der Waals surface area contributed by atoms with Crippen LogP contribution in [0.2, 0.25) is 0 Å². The van der Waals surface area contributed by atoms with Crippen LogP contribution in [0.15, 0.2) is 28.6 Å². The minimum Gasteiger partial charge on any atom is -0.248 e. The van der Waals surface area contributed by atoms with Crippen LogP contribution in [-0.4, -0.2) is 30.7 Å². The highest BCUT2D eigenvalue weighted by atomic mass is 32.2. The SMILES string of the molecule is CN=[S@@](=O)(C[C@](C)(N[S@](=O)C(C)(C)C)c1ccccc1F)C1(C#N)CCCC1. The van der Waals surface area contributed by atoms with Crippen molar-refractivity contribution in [3.63, 3.8) is 0 Å². The molecule has 0 unspecified atom stereocenters. The lowest BCUT2D eigenvalue weighted by Gasteiger charge is -2.37. The Morgan fingerprint density at radius 2 is 1.86 bits per heavy atom. The largest absolute Gasteiger partial charge is 0.248 e. The first-order chi connectivity index (χ1) is 12.9. The Morgan fingerprint density at radius 3 is 2.32 bits per heavy atom. The number of hydrogen-bond acceptors (Lipinski definition) is 4. The first-order valence-corrected chi connectivity index (χ1v) is 12.2. The molecule has 0 aliphatic heterocycles. The van der Waals surface area contributed by atoms with E-state index in [2.05, 4.69) is 15.2 Å². The van der Waals surface area contributed by atoms with Crippen molar-refractivity contribution in [1.29, 1.82) is 5.26 Å². The van der Waals surface area contributed by atoms with Gasteiger partial charge < -0.3 is 0 Å². The molecule has 0 heterocycles. The minimum absolute atomic E-state index is 0.0905. The molecule has 1 aliphatic carbocycles. The van der Waals surface area contributed by atoms with Crippen molar-refractivity contribution in [1.82, 2.24) is 4.72 Å². The van der Waals surface area contributed by atoms with Gasteiger partial charge in [-0.2, -0.15) is 5.26 Å². The van der Waals surface area contributed by atoms with E-state index < -0.39 is 41.6 Å². The van der Waals surface area contributed by atoms with Crippen molar-refractivity contribution < 1.29 is 12.8 Å². The summed E-state index contributed by atoms with van der Waals surface area (Å²) in [6, 6.07) is 8.48. The number of halogens is 1. The highest BCUT2D eigenvalue weighted by Gasteiger charge is 2.48. The van der Waals surface area contributed by atoms with Gasteiger partial charge in [-0.3, -0.25) is 0 Å². The Hall–Kier alpha value is -1.30. The first-order valence-electron chi connectivity index (χ1n) is 9.41. The Labute approximate surface area is 170 Å². The van der Waals surface area contributed by atoms with Crippen molar-refractivity contribution in [3.8, 4) is 6.07 Å². The lowest BCUT2D eigenvalue weighted by atomic mass is 9.95. The molecular weight excluding hydrogens is 397 g/mol. The van der Waals surface area contributed by atoms with Gasteiger partial charge in [0.05, 0.1) is 42.8 Å². The minimum atomic E-state index is -3.03. The van der Waals surface area contributed by atoms with Gasteiger partial charge in [-0.05, 0) is 46.6 Å². The summed E-state index contributed by atoms with van der Waals surface area (Å²) in [6.45, 7) is 7.13. The Balaban J connectivity index is 2.60. The van der Waals surface area contributed by atoms with Crippen LogP contribution >= 0.6 is 0 Å². The van der Waals surface area contributed by atoms with Crippen molar-refractivity contribution in [2.75, 3.05) is 12.8 Å². The molecule has 1 aromatic rings. The van der Waals surface area contributed by atoms with E-state index >= 15 is 0 Å². The zero-order valence-corrected chi connectivity index (χ0v) is 18.9. The van der Waals surface area contributed by atoms with Crippen molar-refractivity contribution in [2.24, 2.45) is 4.36 Å². The topological polar surface area (TPSA) is 82.3 Å². The third-order valence-corrected chi connectivity index (χ3v) is 10.4. The van der Waals surface area contributed by atoms with Gasteiger partial charge in [0.2, 0.25) is 0 Å². The van der Waals surface area contributed by atoms with Crippen LogP contribution in [0.25, 0.3) is 0 Å². The molecule has 1 N–H and O–H groups in total. The number of nitriles is 1. The first kappa shape index (κ1) is 23.0. The van der Waals surface area contributed by atoms with Crippen LogP contribution in [0.4, 0.5) is 4.39 Å². The van der Waals surface area contributed by atoms with E-state index in [0.29, 0.717) is 12.8 Å². The molecule has 0 aromatic heterocycles. The molecule has 5 nitrogen and oxygen atoms in total. The molecule has 0 radical (unpaired) electrons. The normalized spacial score (nSPS) is 21.9. The monoisotopic (exact) mass is 427 g/mol. The lowest BCUT2D eigenvalue weighted by Crippen LogP contribution is -2.53. The van der Waals surface area contributed by atoms with Gasteiger partial charge in [0.15, 0.2) is 0 Å². The molecule has 28 heavy (non-hydrogen) atoms. The summed E-state index contributed by atoms with van der Waals surface area (Å²) in [4.78, 5) is 0. The van der Waals surface area contributed by atoms with E-state index in [1.54, 1.807) is 25.1 Å². The number of hydrogen-bond donors (Lipinski definition) is 1. The number of rotatable bonds is 6. The summed E-state index contributed by atoms with van der Waals surface area (Å²) in [5.74, 6) is -0.564. The standard InChI is InChI=1S/C20H30FN3O2S2/c1-18(2,3)27(25)24-19(4,16-10-6-7-11-17(16)21)15-28(26,23-5)20(14-22)12-8-9-13-20/h6-7,10-11,24H,8-9,12-13,15H2,1-5H3/t19-,27+,28+/m0/s1. The average molecular weight is 428 g/mol. The highest BCUT2D eigenvalue weighted by Crippen LogP contribution is 2.41. The molecule has 0 bridgehead atoms. The van der Waals surface area contributed by atoms with Gasteiger partial charge >= 0.3 is 0 Å². The number of nitrogens with one attached hydrogen (secondary N) is 1. The van der Waals surface area contributed by atoms with Crippen LogP contribution in [0, 0.1) is 17.1 Å². The quantitative estimate of drug-likeness (QED) is 0.744. The van der Waals surface area contributed by atoms with Gasteiger partial charge in [-0.15, -0.1) is 0 Å². The summed E-state index contributed by atoms with van der Waals surface area (Å²) in [5.41, 5.74) is -0.943. The molecule has 0 amide bonds. The van der Waals surface area contributed by atoms with Crippen molar-refractivity contribution in [2.45, 2.75) is 68.4 Å². The second kappa shape index (κ2) is 8.21. The maximum atomic E-state index is 14.7. The lowest BCUT2D eigenvalue weighted by molar-refractivity contribution is 0.455. The molecule has 1 aromatic carbocycles. The number of nitrogens with zero attached hydrogens (tertiary/aromatic N) is 2. The van der Waals surface area contributed by atoms with E-state index in [1.807, 2.05) is 20.8 Å². The molecule has 0 spiro atoms. The molecular formula is C20H30FN3O2S2. The fourth-order valence-electron chi connectivity index (χ4n) is 3.65. The molecule has 3 atom stereocenters. The summed E-state index contributed by atoms with van der Waals surface area (Å²) in [6.07, 6.45) is 2.65. The third-order valence-electron chi connectivity index (χ3n) is 5.35. The summed E-state index contributed by atoms with van der Waals surface area (Å²) in [5, 5.41) is 9.87. The van der Waals surface area contributed by atoms with Gasteiger partial charge in [0.25, 0.3) is 0 Å². The molecule has 0 saturated heterocycles. The second-order valence-electron chi connectivity index (χ2n) is 8.58. The van der Waals surface area contributed by atoms with Crippen LogP contribution < -0.4 is 4.72 Å². The summed E-state index contributed by atoms with van der Waals surface area (Å²) < 4.78 is 47.2. The Morgan fingerprint density at radius 1 is 1.29 bits per heavy atom. The molecule has 2 rings (SSSR count). The average Bonchev–Trinajstić information content (AvgIpc) is 3.11. The zero-order valence-electron chi connectivity index (χ0n) is 17.3. The fraction of sp³-hybridized carbons (Fsp3) is 0.650. The van der Waals surface area contributed by atoms with Gasteiger partial charge in [-0.25, -0.2) is 21.9 Å². The molecule has 1 saturated carbocycles. The summed E-state index contributed by atoms with van der Waals surface area (Å²) >= 11 is 0. The molecule has 1 fully saturated rings. The predicted octanol–water partition coefficient (Wildman–Crippen LogP) is 4.03. The van der Waals surface area contributed by atoms with Gasteiger partial charge in [0.1, 0.15) is 10.6 Å². The highest BCUT2D eigenvalue weighted by molar-refractivity contribution is 7.95. The summed E-state index contributed by atoms with van der Waals surface area (Å²) in [7, 11) is -3.11. The van der Waals surface area contributed by atoms with Crippen molar-refractivity contribution in [3.05, 3.63) is 35.6 Å². The molecule has 8 heteroatoms. The van der Waals surface area contributed by atoms with Crippen LogP contribution in [0.1, 0.15) is 58.9 Å². The van der Waals surface area contributed by atoms with Crippen molar-refractivity contribution >= 4 is 20.7 Å².